The summed E-state index contributed by atoms with van der Waals surface area (Å²) in [5.41, 5.74) is 2.44. The maximum atomic E-state index is 5.81. The number of rotatable bonds is 2. The molecule has 2 aromatic rings. The molecule has 0 aromatic heterocycles. The van der Waals surface area contributed by atoms with E-state index in [1.165, 1.54) is 11.1 Å². The van der Waals surface area contributed by atoms with E-state index in [1.807, 2.05) is 24.3 Å². The Balaban J connectivity index is 1.96. The van der Waals surface area contributed by atoms with Gasteiger partial charge in [0.05, 0.1) is 5.25 Å². The third-order valence-electron chi connectivity index (χ3n) is 2.98. The van der Waals surface area contributed by atoms with Crippen LogP contribution in [0.2, 0.25) is 0 Å². The molecule has 1 aliphatic heterocycles. The zero-order chi connectivity index (χ0) is 12.4. The highest BCUT2D eigenvalue weighted by Crippen LogP contribution is 2.49. The van der Waals surface area contributed by atoms with E-state index in [2.05, 4.69) is 36.4 Å². The zero-order valence-corrected chi connectivity index (χ0v) is 11.3. The Morgan fingerprint density at radius 2 is 1.39 bits per heavy atom. The molecule has 0 saturated carbocycles. The Labute approximate surface area is 116 Å². The minimum absolute atomic E-state index is 0.0195. The Morgan fingerprint density at radius 3 is 2.00 bits per heavy atom. The summed E-state index contributed by atoms with van der Waals surface area (Å²) in [6, 6.07) is 20.7. The molecule has 0 bridgehead atoms. The minimum Gasteiger partial charge on any atom is -0.469 e. The molecule has 0 amide bonds. The average molecular weight is 272 g/mol. The standard InChI is InChI=1S/C15H12OS2/c17-15-16-13(11-7-3-1-4-8-11)14(18-15)12-9-5-2-6-10-12/h1-10,13-14H/t13-,14+/m1/s1. The predicted octanol–water partition coefficient (Wildman–Crippen LogP) is 4.52. The first-order valence-corrected chi connectivity index (χ1v) is 7.10. The van der Waals surface area contributed by atoms with Crippen molar-refractivity contribution in [2.75, 3.05) is 0 Å². The summed E-state index contributed by atoms with van der Waals surface area (Å²) in [6.07, 6.45) is 0.0195. The van der Waals surface area contributed by atoms with E-state index in [-0.39, 0.29) is 11.4 Å². The van der Waals surface area contributed by atoms with Crippen LogP contribution in [0.25, 0.3) is 0 Å². The van der Waals surface area contributed by atoms with Crippen LogP contribution in [-0.4, -0.2) is 4.38 Å². The van der Waals surface area contributed by atoms with Crippen LogP contribution < -0.4 is 0 Å². The topological polar surface area (TPSA) is 9.23 Å². The molecule has 0 radical (unpaired) electrons. The summed E-state index contributed by atoms with van der Waals surface area (Å²) < 4.78 is 6.45. The van der Waals surface area contributed by atoms with Crippen LogP contribution in [0.3, 0.4) is 0 Å². The van der Waals surface area contributed by atoms with Gasteiger partial charge in [0, 0.05) is 0 Å². The van der Waals surface area contributed by atoms with Crippen LogP contribution in [0, 0.1) is 0 Å². The minimum atomic E-state index is 0.0195. The lowest BCUT2D eigenvalue weighted by Gasteiger charge is -2.17. The number of hydrogen-bond acceptors (Lipinski definition) is 3. The molecule has 1 heterocycles. The fourth-order valence-corrected chi connectivity index (χ4v) is 3.54. The van der Waals surface area contributed by atoms with Gasteiger partial charge in [-0.15, -0.1) is 0 Å². The summed E-state index contributed by atoms with van der Waals surface area (Å²) in [4.78, 5) is 0. The lowest BCUT2D eigenvalue weighted by Crippen LogP contribution is -2.04. The van der Waals surface area contributed by atoms with Crippen molar-refractivity contribution in [3.63, 3.8) is 0 Å². The van der Waals surface area contributed by atoms with Gasteiger partial charge in [-0.05, 0) is 23.3 Å². The van der Waals surface area contributed by atoms with Gasteiger partial charge >= 0.3 is 0 Å². The Hall–Kier alpha value is -1.32. The van der Waals surface area contributed by atoms with Gasteiger partial charge in [-0.25, -0.2) is 0 Å². The van der Waals surface area contributed by atoms with E-state index in [0.29, 0.717) is 4.38 Å². The quantitative estimate of drug-likeness (QED) is 0.744. The summed E-state index contributed by atoms with van der Waals surface area (Å²) >= 11 is 6.84. The van der Waals surface area contributed by atoms with E-state index in [1.54, 1.807) is 11.8 Å². The first kappa shape index (κ1) is 11.8. The van der Waals surface area contributed by atoms with Crippen LogP contribution in [0.1, 0.15) is 22.5 Å². The zero-order valence-electron chi connectivity index (χ0n) is 9.65. The molecule has 1 nitrogen and oxygen atoms in total. The summed E-state index contributed by atoms with van der Waals surface area (Å²) in [5, 5.41) is 0.251. The average Bonchev–Trinajstić information content (AvgIpc) is 2.83. The van der Waals surface area contributed by atoms with Crippen molar-refractivity contribution in [3.8, 4) is 0 Å². The largest absolute Gasteiger partial charge is 0.469 e. The Morgan fingerprint density at radius 1 is 0.833 bits per heavy atom. The van der Waals surface area contributed by atoms with Gasteiger partial charge in [0.1, 0.15) is 6.10 Å². The molecule has 1 fully saturated rings. The molecule has 0 N–H and O–H groups in total. The van der Waals surface area contributed by atoms with Gasteiger partial charge < -0.3 is 4.74 Å². The third-order valence-corrected chi connectivity index (χ3v) is 4.42. The van der Waals surface area contributed by atoms with Gasteiger partial charge in [0.25, 0.3) is 0 Å². The third kappa shape index (κ3) is 2.28. The Kier molecular flexibility index (Phi) is 3.35. The molecular weight excluding hydrogens is 260 g/mol. The van der Waals surface area contributed by atoms with Gasteiger partial charge in [0.15, 0.2) is 0 Å². The van der Waals surface area contributed by atoms with Crippen LogP contribution >= 0.6 is 24.0 Å². The second-order valence-corrected chi connectivity index (χ2v) is 5.89. The maximum Gasteiger partial charge on any atom is 0.221 e. The van der Waals surface area contributed by atoms with E-state index < -0.39 is 0 Å². The normalized spacial score (nSPS) is 22.8. The summed E-state index contributed by atoms with van der Waals surface area (Å²) in [6.45, 7) is 0. The number of hydrogen-bond donors (Lipinski definition) is 0. The number of ether oxygens (including phenoxy) is 1. The highest BCUT2D eigenvalue weighted by Gasteiger charge is 2.35. The van der Waals surface area contributed by atoms with E-state index in [4.69, 9.17) is 17.0 Å². The molecule has 0 spiro atoms. The van der Waals surface area contributed by atoms with Crippen molar-refractivity contribution >= 4 is 28.4 Å². The molecule has 3 heteroatoms. The number of thioether (sulfide) groups is 1. The van der Waals surface area contributed by atoms with E-state index >= 15 is 0 Å². The van der Waals surface area contributed by atoms with Crippen molar-refractivity contribution in [3.05, 3.63) is 71.8 Å². The summed E-state index contributed by atoms with van der Waals surface area (Å²) in [7, 11) is 0. The van der Waals surface area contributed by atoms with Crippen molar-refractivity contribution in [2.24, 2.45) is 0 Å². The lowest BCUT2D eigenvalue weighted by atomic mass is 10.0. The fraction of sp³-hybridized carbons (Fsp3) is 0.133. The maximum absolute atomic E-state index is 5.81. The molecule has 2 atom stereocenters. The molecule has 0 unspecified atom stereocenters. The lowest BCUT2D eigenvalue weighted by molar-refractivity contribution is 0.214. The Bertz CT molecular complexity index is 489. The van der Waals surface area contributed by atoms with E-state index in [9.17, 15) is 0 Å². The van der Waals surface area contributed by atoms with Crippen molar-refractivity contribution in [1.82, 2.24) is 0 Å². The SMILES string of the molecule is S=C1O[C@H](c2ccccc2)[C@H](c2ccccc2)S1. The molecule has 18 heavy (non-hydrogen) atoms. The van der Waals surface area contributed by atoms with Crippen LogP contribution in [0.5, 0.6) is 0 Å². The molecule has 1 aliphatic rings. The van der Waals surface area contributed by atoms with Gasteiger partial charge in [-0.1, -0.05) is 72.4 Å². The molecule has 3 rings (SSSR count). The fourth-order valence-electron chi connectivity index (χ4n) is 2.13. The predicted molar refractivity (Wildman–Crippen MR) is 79.6 cm³/mol. The van der Waals surface area contributed by atoms with E-state index in [0.717, 1.165) is 0 Å². The highest BCUT2D eigenvalue weighted by molar-refractivity contribution is 8.23. The van der Waals surface area contributed by atoms with Gasteiger partial charge in [0.2, 0.25) is 4.38 Å². The van der Waals surface area contributed by atoms with Crippen molar-refractivity contribution in [1.29, 1.82) is 0 Å². The van der Waals surface area contributed by atoms with Crippen molar-refractivity contribution < 1.29 is 4.74 Å². The first-order valence-electron chi connectivity index (χ1n) is 5.82. The number of thiocarbonyl (C=S) groups is 1. The second kappa shape index (κ2) is 5.12. The smallest absolute Gasteiger partial charge is 0.221 e. The van der Waals surface area contributed by atoms with Gasteiger partial charge in [-0.2, -0.15) is 0 Å². The number of benzene rings is 2. The van der Waals surface area contributed by atoms with Gasteiger partial charge in [-0.3, -0.25) is 0 Å². The second-order valence-electron chi connectivity index (χ2n) is 4.15. The molecule has 0 aliphatic carbocycles. The van der Waals surface area contributed by atoms with Crippen LogP contribution in [0.4, 0.5) is 0 Å². The molecular formula is C15H12OS2. The molecule has 2 aromatic carbocycles. The van der Waals surface area contributed by atoms with Crippen LogP contribution in [-0.2, 0) is 4.74 Å². The highest BCUT2D eigenvalue weighted by atomic mass is 32.2. The summed E-state index contributed by atoms with van der Waals surface area (Å²) in [5.74, 6) is 0. The molecule has 1 saturated heterocycles. The molecule has 90 valence electrons. The monoisotopic (exact) mass is 272 g/mol. The van der Waals surface area contributed by atoms with Crippen molar-refractivity contribution in [2.45, 2.75) is 11.4 Å². The first-order chi connectivity index (χ1) is 8.84. The van der Waals surface area contributed by atoms with Crippen LogP contribution in [0.15, 0.2) is 60.7 Å².